The predicted molar refractivity (Wildman–Crippen MR) is 102 cm³/mol. The van der Waals surface area contributed by atoms with E-state index >= 15 is 0 Å². The van der Waals surface area contributed by atoms with Gasteiger partial charge in [-0.2, -0.15) is 0 Å². The highest BCUT2D eigenvalue weighted by molar-refractivity contribution is 8.03. The van der Waals surface area contributed by atoms with E-state index in [1.165, 1.54) is 30.0 Å². The molecule has 0 radical (unpaired) electrons. The van der Waals surface area contributed by atoms with Crippen LogP contribution in [0.1, 0.15) is 11.3 Å². The van der Waals surface area contributed by atoms with Gasteiger partial charge in [0.1, 0.15) is 11.6 Å². The quantitative estimate of drug-likeness (QED) is 0.606. The molecule has 1 aromatic heterocycles. The Kier molecular flexibility index (Phi) is 4.64. The molecule has 0 aliphatic carbocycles. The smallest absolute Gasteiger partial charge is 0.272 e. The highest BCUT2D eigenvalue weighted by Gasteiger charge is 2.40. The lowest BCUT2D eigenvalue weighted by Gasteiger charge is -2.15. The third kappa shape index (κ3) is 3.31. The van der Waals surface area contributed by atoms with Gasteiger partial charge < -0.3 is 4.42 Å². The van der Waals surface area contributed by atoms with Gasteiger partial charge in [0.2, 0.25) is 0 Å². The fraction of sp³-hybridized carbons (Fsp3) is 0.0476. The number of benzene rings is 2. The van der Waals surface area contributed by atoms with Crippen LogP contribution in [0.5, 0.6) is 0 Å². The number of carbonyl (C=O) groups is 2. The molecule has 2 heterocycles. The van der Waals surface area contributed by atoms with Gasteiger partial charge in [0, 0.05) is 0 Å². The monoisotopic (exact) mass is 379 g/mol. The molecule has 0 saturated carbocycles. The number of rotatable bonds is 5. The van der Waals surface area contributed by atoms with Crippen LogP contribution in [0.2, 0.25) is 0 Å². The summed E-state index contributed by atoms with van der Waals surface area (Å²) in [6.07, 6.45) is 1.56. The molecule has 2 aromatic carbocycles. The second kappa shape index (κ2) is 7.25. The summed E-state index contributed by atoms with van der Waals surface area (Å²) < 4.78 is 19.0. The number of furan rings is 1. The lowest BCUT2D eigenvalue weighted by atomic mass is 10.1. The summed E-state index contributed by atoms with van der Waals surface area (Å²) in [4.78, 5) is 27.5. The predicted octanol–water partition coefficient (Wildman–Crippen LogP) is 4.64. The highest BCUT2D eigenvalue weighted by atomic mass is 32.2. The molecule has 1 aliphatic rings. The maximum Gasteiger partial charge on any atom is 0.272 e. The maximum absolute atomic E-state index is 13.6. The number of amides is 2. The third-order valence-electron chi connectivity index (χ3n) is 4.11. The Hall–Kier alpha value is -3.12. The van der Waals surface area contributed by atoms with E-state index in [4.69, 9.17) is 4.42 Å². The minimum Gasteiger partial charge on any atom is -0.468 e. The number of nitrogens with zero attached hydrogens (tertiary/aromatic N) is 1. The van der Waals surface area contributed by atoms with Gasteiger partial charge in [-0.15, -0.1) is 11.8 Å². The molecule has 134 valence electrons. The summed E-state index contributed by atoms with van der Waals surface area (Å²) in [6.45, 7) is 0. The Bertz CT molecular complexity index is 1030. The zero-order valence-electron chi connectivity index (χ0n) is 14.1. The zero-order chi connectivity index (χ0) is 18.8. The molecule has 1 aliphatic heterocycles. The Morgan fingerprint density at radius 1 is 0.926 bits per heavy atom. The molecule has 0 spiro atoms. The first-order valence-electron chi connectivity index (χ1n) is 8.24. The van der Waals surface area contributed by atoms with Gasteiger partial charge in [0.05, 0.1) is 28.2 Å². The number of hydrogen-bond acceptors (Lipinski definition) is 4. The molecular formula is C21H14FNO3S. The number of anilines is 1. The number of thioether (sulfide) groups is 1. The van der Waals surface area contributed by atoms with Crippen molar-refractivity contribution < 1.29 is 18.4 Å². The van der Waals surface area contributed by atoms with Crippen molar-refractivity contribution in [1.29, 1.82) is 0 Å². The molecule has 3 aromatic rings. The summed E-state index contributed by atoms with van der Waals surface area (Å²) in [7, 11) is 0. The summed E-state index contributed by atoms with van der Waals surface area (Å²) in [5.41, 5.74) is 1.19. The Balaban J connectivity index is 1.75. The van der Waals surface area contributed by atoms with Crippen LogP contribution in [-0.4, -0.2) is 11.8 Å². The summed E-state index contributed by atoms with van der Waals surface area (Å²) in [5, 5.41) is 0. The fourth-order valence-electron chi connectivity index (χ4n) is 2.89. The van der Waals surface area contributed by atoms with Crippen molar-refractivity contribution in [3.63, 3.8) is 0 Å². The first-order chi connectivity index (χ1) is 13.1. The van der Waals surface area contributed by atoms with E-state index in [1.807, 2.05) is 6.07 Å². The molecule has 0 atom stereocenters. The van der Waals surface area contributed by atoms with Crippen LogP contribution in [0.25, 0.3) is 5.57 Å². The molecule has 0 N–H and O–H groups in total. The van der Waals surface area contributed by atoms with Crippen LogP contribution in [0.3, 0.4) is 0 Å². The average Bonchev–Trinajstić information content (AvgIpc) is 3.27. The van der Waals surface area contributed by atoms with Crippen molar-refractivity contribution in [3.05, 3.63) is 95.0 Å². The Morgan fingerprint density at radius 3 is 2.44 bits per heavy atom. The molecule has 4 nitrogen and oxygen atoms in total. The van der Waals surface area contributed by atoms with E-state index in [2.05, 4.69) is 0 Å². The van der Waals surface area contributed by atoms with E-state index in [1.54, 1.807) is 48.7 Å². The highest BCUT2D eigenvalue weighted by Crippen LogP contribution is 2.39. The lowest BCUT2D eigenvalue weighted by Crippen LogP contribution is -2.31. The van der Waals surface area contributed by atoms with Gasteiger partial charge in [0.25, 0.3) is 11.8 Å². The largest absolute Gasteiger partial charge is 0.468 e. The third-order valence-corrected chi connectivity index (χ3v) is 5.21. The second-order valence-corrected chi connectivity index (χ2v) is 6.85. The standard InChI is InChI=1S/C21H14FNO3S/c22-15-8-4-9-16(12-15)23-20(24)18(14-6-2-1-3-7-14)19(21(23)25)27-13-17-10-5-11-26-17/h1-12H,13H2. The SMILES string of the molecule is O=C1C(SCc2ccco2)=C(c2ccccc2)C(=O)N1c1cccc(F)c1. The minimum atomic E-state index is -0.508. The van der Waals surface area contributed by atoms with Crippen LogP contribution < -0.4 is 4.90 Å². The maximum atomic E-state index is 13.6. The van der Waals surface area contributed by atoms with Crippen molar-refractivity contribution in [3.8, 4) is 0 Å². The van der Waals surface area contributed by atoms with Gasteiger partial charge in [0.15, 0.2) is 0 Å². The topological polar surface area (TPSA) is 50.5 Å². The zero-order valence-corrected chi connectivity index (χ0v) is 14.9. The van der Waals surface area contributed by atoms with Crippen LogP contribution in [-0.2, 0) is 15.3 Å². The number of hydrogen-bond donors (Lipinski definition) is 0. The van der Waals surface area contributed by atoms with E-state index in [0.717, 1.165) is 4.90 Å². The fourth-order valence-corrected chi connectivity index (χ4v) is 3.91. The molecule has 4 rings (SSSR count). The first kappa shape index (κ1) is 17.3. The molecule has 2 amide bonds. The normalized spacial score (nSPS) is 14.3. The van der Waals surface area contributed by atoms with Crippen LogP contribution in [0.15, 0.2) is 82.3 Å². The summed E-state index contributed by atoms with van der Waals surface area (Å²) in [6, 6.07) is 18.1. The van der Waals surface area contributed by atoms with Gasteiger partial charge in [-0.3, -0.25) is 9.59 Å². The van der Waals surface area contributed by atoms with Crippen molar-refractivity contribution in [1.82, 2.24) is 0 Å². The van der Waals surface area contributed by atoms with Crippen LogP contribution in [0.4, 0.5) is 10.1 Å². The van der Waals surface area contributed by atoms with Crippen LogP contribution >= 0.6 is 11.8 Å². The summed E-state index contributed by atoms with van der Waals surface area (Å²) >= 11 is 1.24. The molecule has 0 bridgehead atoms. The Morgan fingerprint density at radius 2 is 1.74 bits per heavy atom. The van der Waals surface area contributed by atoms with Crippen molar-refractivity contribution in [2.75, 3.05) is 4.90 Å². The Labute approximate surface area is 159 Å². The van der Waals surface area contributed by atoms with Crippen molar-refractivity contribution in [2.24, 2.45) is 0 Å². The van der Waals surface area contributed by atoms with E-state index in [9.17, 15) is 14.0 Å². The molecule has 27 heavy (non-hydrogen) atoms. The first-order valence-corrected chi connectivity index (χ1v) is 9.23. The molecule has 0 saturated heterocycles. The van der Waals surface area contributed by atoms with Crippen molar-refractivity contribution in [2.45, 2.75) is 5.75 Å². The summed E-state index contributed by atoms with van der Waals surface area (Å²) in [5.74, 6) is -0.315. The van der Waals surface area contributed by atoms with Gasteiger partial charge in [-0.25, -0.2) is 9.29 Å². The molecule has 6 heteroatoms. The van der Waals surface area contributed by atoms with Crippen molar-refractivity contribution >= 4 is 34.8 Å². The van der Waals surface area contributed by atoms with Gasteiger partial charge in [-0.1, -0.05) is 36.4 Å². The lowest BCUT2D eigenvalue weighted by molar-refractivity contribution is -0.119. The molecule has 0 fully saturated rings. The number of carbonyl (C=O) groups excluding carboxylic acids is 2. The van der Waals surface area contributed by atoms with E-state index in [-0.39, 0.29) is 5.69 Å². The minimum absolute atomic E-state index is 0.215. The second-order valence-electron chi connectivity index (χ2n) is 5.86. The van der Waals surface area contributed by atoms with E-state index in [0.29, 0.717) is 27.6 Å². The van der Waals surface area contributed by atoms with Crippen LogP contribution in [0, 0.1) is 5.82 Å². The number of imide groups is 1. The van der Waals surface area contributed by atoms with Gasteiger partial charge in [-0.05, 0) is 35.9 Å². The van der Waals surface area contributed by atoms with Gasteiger partial charge >= 0.3 is 0 Å². The number of halogens is 1. The van der Waals surface area contributed by atoms with E-state index < -0.39 is 17.6 Å². The molecular weight excluding hydrogens is 365 g/mol. The molecule has 0 unspecified atom stereocenters. The average molecular weight is 379 g/mol.